The maximum Gasteiger partial charge on any atom is 0.494 e. The van der Waals surface area contributed by atoms with Gasteiger partial charge < -0.3 is 18.6 Å². The molecule has 2 aliphatic rings. The minimum atomic E-state index is -0.317. The molecule has 1 aromatic heterocycles. The van der Waals surface area contributed by atoms with Gasteiger partial charge in [0, 0.05) is 39.1 Å². The number of piperazine rings is 1. The first kappa shape index (κ1) is 20.4. The molecule has 0 N–H and O–H groups in total. The molecule has 0 amide bonds. The van der Waals surface area contributed by atoms with Crippen LogP contribution in [0.2, 0.25) is 0 Å². The second-order valence-electron chi connectivity index (χ2n) is 9.20. The average Bonchev–Trinajstić information content (AvgIpc) is 3.18. The summed E-state index contributed by atoms with van der Waals surface area (Å²) in [5.41, 5.74) is 1.72. The van der Waals surface area contributed by atoms with Gasteiger partial charge >= 0.3 is 13.1 Å². The van der Waals surface area contributed by atoms with E-state index in [0.717, 1.165) is 31.6 Å². The van der Waals surface area contributed by atoms with E-state index in [1.807, 2.05) is 6.92 Å². The Hall–Kier alpha value is -1.90. The topological polar surface area (TPSA) is 63.9 Å². The van der Waals surface area contributed by atoms with E-state index in [9.17, 15) is 0 Å². The van der Waals surface area contributed by atoms with E-state index in [-0.39, 0.29) is 18.3 Å². The zero-order valence-electron chi connectivity index (χ0n) is 18.3. The van der Waals surface area contributed by atoms with Crippen molar-refractivity contribution in [3.8, 4) is 0 Å². The number of aromatic nitrogens is 2. The van der Waals surface area contributed by atoms with Gasteiger partial charge in [0.15, 0.2) is 0 Å². The Labute approximate surface area is 173 Å². The monoisotopic (exact) mass is 398 g/mol. The predicted octanol–water partition coefficient (Wildman–Crippen LogP) is 2.39. The minimum Gasteiger partial charge on any atom is -0.408 e. The highest BCUT2D eigenvalue weighted by Gasteiger charge is 2.51. The van der Waals surface area contributed by atoms with Crippen molar-refractivity contribution in [3.05, 3.63) is 35.7 Å². The molecule has 3 heterocycles. The molecular formula is C21H31BN4O3. The van der Waals surface area contributed by atoms with Crippen LogP contribution in [-0.4, -0.2) is 59.1 Å². The van der Waals surface area contributed by atoms with Crippen molar-refractivity contribution in [1.29, 1.82) is 0 Å². The van der Waals surface area contributed by atoms with E-state index >= 15 is 0 Å². The van der Waals surface area contributed by atoms with Gasteiger partial charge in [0.05, 0.1) is 11.2 Å². The summed E-state index contributed by atoms with van der Waals surface area (Å²) in [4.78, 5) is 4.66. The normalized spacial score (nSPS) is 24.3. The van der Waals surface area contributed by atoms with Crippen molar-refractivity contribution in [1.82, 2.24) is 15.1 Å². The standard InChI is InChI=1S/C21H31BN4O3/c1-15-13-26(19-24-23-16(2)27-19)12-11-25(15)14-17-7-9-18(10-8-17)22-28-20(3,4)21(5,6)29-22/h7-10,15H,11-14H2,1-6H3. The molecule has 2 fully saturated rings. The van der Waals surface area contributed by atoms with Gasteiger partial charge in [-0.15, -0.1) is 5.10 Å². The zero-order chi connectivity index (χ0) is 20.8. The SMILES string of the molecule is Cc1nnc(N2CCN(Cc3ccc(B4OC(C)(C)C(C)(C)O4)cc3)C(C)C2)o1. The lowest BCUT2D eigenvalue weighted by molar-refractivity contribution is 0.00578. The fourth-order valence-electron chi connectivity index (χ4n) is 3.81. The Morgan fingerprint density at radius 1 is 1.03 bits per heavy atom. The molecule has 1 atom stereocenters. The number of aryl methyl sites for hydroxylation is 1. The van der Waals surface area contributed by atoms with Crippen molar-refractivity contribution in [2.24, 2.45) is 0 Å². The number of anilines is 1. The van der Waals surface area contributed by atoms with Crippen LogP contribution >= 0.6 is 0 Å². The third-order valence-electron chi connectivity index (χ3n) is 6.44. The maximum absolute atomic E-state index is 6.15. The van der Waals surface area contributed by atoms with E-state index < -0.39 is 0 Å². The molecule has 8 heteroatoms. The first-order chi connectivity index (χ1) is 13.6. The predicted molar refractivity (Wildman–Crippen MR) is 113 cm³/mol. The highest BCUT2D eigenvalue weighted by atomic mass is 16.7. The summed E-state index contributed by atoms with van der Waals surface area (Å²) in [7, 11) is -0.311. The Morgan fingerprint density at radius 3 is 2.24 bits per heavy atom. The highest BCUT2D eigenvalue weighted by molar-refractivity contribution is 6.62. The number of benzene rings is 1. The minimum absolute atomic E-state index is 0.311. The van der Waals surface area contributed by atoms with Gasteiger partial charge in [-0.3, -0.25) is 4.90 Å². The van der Waals surface area contributed by atoms with Gasteiger partial charge in [0.1, 0.15) is 0 Å². The first-order valence-corrected chi connectivity index (χ1v) is 10.4. The smallest absolute Gasteiger partial charge is 0.408 e. The number of rotatable bonds is 4. The third-order valence-corrected chi connectivity index (χ3v) is 6.44. The first-order valence-electron chi connectivity index (χ1n) is 10.4. The van der Waals surface area contributed by atoms with Crippen molar-refractivity contribution < 1.29 is 13.7 Å². The molecule has 29 heavy (non-hydrogen) atoms. The van der Waals surface area contributed by atoms with E-state index in [0.29, 0.717) is 17.9 Å². The van der Waals surface area contributed by atoms with Crippen molar-refractivity contribution in [2.45, 2.75) is 65.3 Å². The largest absolute Gasteiger partial charge is 0.494 e. The molecular weight excluding hydrogens is 367 g/mol. The summed E-state index contributed by atoms with van der Waals surface area (Å²) in [5, 5.41) is 8.09. The Kier molecular flexibility index (Phi) is 5.21. The molecule has 0 bridgehead atoms. The molecule has 1 aromatic carbocycles. The highest BCUT2D eigenvalue weighted by Crippen LogP contribution is 2.36. The molecule has 2 saturated heterocycles. The fraction of sp³-hybridized carbons (Fsp3) is 0.619. The lowest BCUT2D eigenvalue weighted by Crippen LogP contribution is -2.51. The summed E-state index contributed by atoms with van der Waals surface area (Å²) in [6, 6.07) is 9.64. The van der Waals surface area contributed by atoms with Crippen LogP contribution in [0.15, 0.2) is 28.7 Å². The van der Waals surface area contributed by atoms with E-state index in [1.165, 1.54) is 5.56 Å². The van der Waals surface area contributed by atoms with Crippen LogP contribution in [0.1, 0.15) is 46.1 Å². The van der Waals surface area contributed by atoms with E-state index in [4.69, 9.17) is 13.7 Å². The van der Waals surface area contributed by atoms with Gasteiger partial charge in [-0.25, -0.2) is 0 Å². The Morgan fingerprint density at radius 2 is 1.69 bits per heavy atom. The second kappa shape index (κ2) is 7.41. The van der Waals surface area contributed by atoms with Gasteiger partial charge in [0.2, 0.25) is 5.89 Å². The van der Waals surface area contributed by atoms with Crippen LogP contribution in [-0.2, 0) is 15.9 Å². The van der Waals surface area contributed by atoms with Crippen molar-refractivity contribution >= 4 is 18.6 Å². The van der Waals surface area contributed by atoms with Gasteiger partial charge in [-0.05, 0) is 45.6 Å². The van der Waals surface area contributed by atoms with Crippen LogP contribution in [0, 0.1) is 6.92 Å². The number of hydrogen-bond acceptors (Lipinski definition) is 7. The molecule has 7 nitrogen and oxygen atoms in total. The molecule has 2 aromatic rings. The quantitative estimate of drug-likeness (QED) is 0.733. The number of nitrogens with zero attached hydrogens (tertiary/aromatic N) is 4. The van der Waals surface area contributed by atoms with Gasteiger partial charge in [-0.1, -0.05) is 29.4 Å². The van der Waals surface area contributed by atoms with Crippen LogP contribution in [0.4, 0.5) is 6.01 Å². The van der Waals surface area contributed by atoms with Crippen LogP contribution in [0.25, 0.3) is 0 Å². The second-order valence-corrected chi connectivity index (χ2v) is 9.20. The summed E-state index contributed by atoms with van der Waals surface area (Å²) >= 11 is 0. The zero-order valence-corrected chi connectivity index (χ0v) is 18.3. The third kappa shape index (κ3) is 4.06. The Bertz CT molecular complexity index is 836. The summed E-state index contributed by atoms with van der Waals surface area (Å²) < 4.78 is 17.9. The summed E-state index contributed by atoms with van der Waals surface area (Å²) in [6.45, 7) is 16.0. The van der Waals surface area contributed by atoms with E-state index in [1.54, 1.807) is 0 Å². The maximum atomic E-state index is 6.15. The molecule has 0 saturated carbocycles. The van der Waals surface area contributed by atoms with Crippen LogP contribution < -0.4 is 10.4 Å². The molecule has 2 aliphatic heterocycles. The molecule has 0 radical (unpaired) electrons. The van der Waals surface area contributed by atoms with E-state index in [2.05, 4.69) is 78.9 Å². The summed E-state index contributed by atoms with van der Waals surface area (Å²) in [5.74, 6) is 0.608. The molecule has 1 unspecified atom stereocenters. The van der Waals surface area contributed by atoms with Crippen LogP contribution in [0.3, 0.4) is 0 Å². The van der Waals surface area contributed by atoms with Crippen molar-refractivity contribution in [2.75, 3.05) is 24.5 Å². The molecule has 4 rings (SSSR count). The summed E-state index contributed by atoms with van der Waals surface area (Å²) in [6.07, 6.45) is 0. The van der Waals surface area contributed by atoms with Crippen molar-refractivity contribution in [3.63, 3.8) is 0 Å². The number of hydrogen-bond donors (Lipinski definition) is 0. The lowest BCUT2D eigenvalue weighted by Gasteiger charge is -2.39. The lowest BCUT2D eigenvalue weighted by atomic mass is 9.79. The molecule has 0 spiro atoms. The van der Waals surface area contributed by atoms with Gasteiger partial charge in [-0.2, -0.15) is 0 Å². The van der Waals surface area contributed by atoms with Crippen LogP contribution in [0.5, 0.6) is 0 Å². The van der Waals surface area contributed by atoms with Gasteiger partial charge in [0.25, 0.3) is 0 Å². The molecule has 0 aliphatic carbocycles. The fourth-order valence-corrected chi connectivity index (χ4v) is 3.81. The molecule has 156 valence electrons. The average molecular weight is 398 g/mol. The Balaban J connectivity index is 1.36.